The smallest absolute Gasteiger partial charge is 0.276 e. The monoisotopic (exact) mass is 363 g/mol. The van der Waals surface area contributed by atoms with Crippen LogP contribution in [0.4, 0.5) is 0 Å². The van der Waals surface area contributed by atoms with Crippen LogP contribution in [0.15, 0.2) is 18.2 Å². The molecule has 1 aromatic carbocycles. The van der Waals surface area contributed by atoms with Gasteiger partial charge in [-0.05, 0) is 56.5 Å². The summed E-state index contributed by atoms with van der Waals surface area (Å²) in [5.41, 5.74) is 7.03. The molecular formula is C18H25N3O3S. The van der Waals surface area contributed by atoms with Crippen molar-refractivity contribution in [1.82, 2.24) is 16.2 Å². The second-order valence-corrected chi connectivity index (χ2v) is 6.87. The second-order valence-electron chi connectivity index (χ2n) is 6.46. The lowest BCUT2D eigenvalue weighted by atomic mass is 10.0. The molecule has 6 nitrogen and oxygen atoms in total. The first-order chi connectivity index (χ1) is 11.9. The number of rotatable bonds is 5. The summed E-state index contributed by atoms with van der Waals surface area (Å²) in [5.74, 6) is 0.606. The molecule has 0 aliphatic heterocycles. The van der Waals surface area contributed by atoms with Crippen LogP contribution in [-0.2, 0) is 9.59 Å². The maximum absolute atomic E-state index is 11.9. The van der Waals surface area contributed by atoms with E-state index in [4.69, 9.17) is 17.0 Å². The van der Waals surface area contributed by atoms with Crippen LogP contribution < -0.4 is 20.9 Å². The average Bonchev–Trinajstić information content (AvgIpc) is 3.04. The predicted molar refractivity (Wildman–Crippen MR) is 100 cm³/mol. The molecule has 136 valence electrons. The molecule has 2 rings (SSSR count). The number of aryl methyl sites for hydroxylation is 2. The fraction of sp³-hybridized carbons (Fsp3) is 0.500. The molecule has 1 aromatic rings. The fourth-order valence-electron chi connectivity index (χ4n) is 2.95. The molecule has 1 aliphatic carbocycles. The van der Waals surface area contributed by atoms with E-state index in [1.54, 1.807) is 0 Å². The Morgan fingerprint density at radius 3 is 2.56 bits per heavy atom. The molecule has 0 radical (unpaired) electrons. The number of carbonyl (C=O) groups is 2. The third-order valence-corrected chi connectivity index (χ3v) is 4.41. The first-order valence-electron chi connectivity index (χ1n) is 8.53. The van der Waals surface area contributed by atoms with Crippen LogP contribution in [0.2, 0.25) is 0 Å². The van der Waals surface area contributed by atoms with Crippen LogP contribution in [0.3, 0.4) is 0 Å². The normalized spacial score (nSPS) is 14.0. The molecule has 2 amide bonds. The van der Waals surface area contributed by atoms with Gasteiger partial charge in [0.15, 0.2) is 11.7 Å². The van der Waals surface area contributed by atoms with Crippen molar-refractivity contribution < 1.29 is 14.3 Å². The molecule has 1 aliphatic rings. The Bertz CT molecular complexity index is 642. The Morgan fingerprint density at radius 2 is 1.88 bits per heavy atom. The van der Waals surface area contributed by atoms with E-state index in [2.05, 4.69) is 16.2 Å². The van der Waals surface area contributed by atoms with E-state index in [-0.39, 0.29) is 23.5 Å². The average molecular weight is 363 g/mol. The summed E-state index contributed by atoms with van der Waals surface area (Å²) in [6.07, 6.45) is 5.06. The van der Waals surface area contributed by atoms with Gasteiger partial charge >= 0.3 is 0 Å². The van der Waals surface area contributed by atoms with E-state index in [9.17, 15) is 9.59 Å². The summed E-state index contributed by atoms with van der Waals surface area (Å²) in [6.45, 7) is 3.78. The van der Waals surface area contributed by atoms with E-state index in [0.29, 0.717) is 18.1 Å². The Kier molecular flexibility index (Phi) is 7.18. The molecule has 0 atom stereocenters. The van der Waals surface area contributed by atoms with E-state index in [1.807, 2.05) is 32.0 Å². The zero-order valence-corrected chi connectivity index (χ0v) is 15.5. The topological polar surface area (TPSA) is 79.5 Å². The highest BCUT2D eigenvalue weighted by atomic mass is 32.1. The van der Waals surface area contributed by atoms with Gasteiger partial charge in [0.25, 0.3) is 5.91 Å². The second kappa shape index (κ2) is 9.36. The van der Waals surface area contributed by atoms with Crippen molar-refractivity contribution in [1.29, 1.82) is 0 Å². The summed E-state index contributed by atoms with van der Waals surface area (Å²) < 4.78 is 5.47. The number of amides is 2. The Hall–Kier alpha value is -2.15. The van der Waals surface area contributed by atoms with Gasteiger partial charge in [-0.1, -0.05) is 30.5 Å². The number of ether oxygens (including phenoxy) is 1. The molecule has 1 fully saturated rings. The maximum Gasteiger partial charge on any atom is 0.276 e. The first kappa shape index (κ1) is 19.2. The Labute approximate surface area is 153 Å². The van der Waals surface area contributed by atoms with Gasteiger partial charge in [-0.15, -0.1) is 0 Å². The SMILES string of the molecule is Cc1ccc(OCC(=O)NNC(=S)NC(=O)CC2CCCC2)c(C)c1. The number of thiocarbonyl (C=S) groups is 1. The van der Waals surface area contributed by atoms with Crippen LogP contribution in [0.25, 0.3) is 0 Å². The number of nitrogens with one attached hydrogen (secondary N) is 3. The lowest BCUT2D eigenvalue weighted by Crippen LogP contribution is -2.49. The highest BCUT2D eigenvalue weighted by Crippen LogP contribution is 2.27. The molecular weight excluding hydrogens is 338 g/mol. The van der Waals surface area contributed by atoms with Crippen molar-refractivity contribution in [2.24, 2.45) is 5.92 Å². The minimum Gasteiger partial charge on any atom is -0.483 e. The number of hydrazine groups is 1. The molecule has 3 N–H and O–H groups in total. The third-order valence-electron chi connectivity index (χ3n) is 4.21. The Balaban J connectivity index is 1.65. The van der Waals surface area contributed by atoms with Crippen LogP contribution in [0, 0.1) is 19.8 Å². The number of benzene rings is 1. The largest absolute Gasteiger partial charge is 0.483 e. The van der Waals surface area contributed by atoms with Gasteiger partial charge in [-0.2, -0.15) is 0 Å². The van der Waals surface area contributed by atoms with Gasteiger partial charge in [0.05, 0.1) is 0 Å². The van der Waals surface area contributed by atoms with Crippen molar-refractivity contribution in [3.63, 3.8) is 0 Å². The predicted octanol–water partition coefficient (Wildman–Crippen LogP) is 2.28. The van der Waals surface area contributed by atoms with Crippen molar-refractivity contribution in [2.45, 2.75) is 46.0 Å². The molecule has 0 heterocycles. The molecule has 0 unspecified atom stereocenters. The van der Waals surface area contributed by atoms with Crippen molar-refractivity contribution in [3.05, 3.63) is 29.3 Å². The van der Waals surface area contributed by atoms with Crippen LogP contribution in [0.1, 0.15) is 43.2 Å². The molecule has 7 heteroatoms. The zero-order chi connectivity index (χ0) is 18.2. The zero-order valence-electron chi connectivity index (χ0n) is 14.7. The van der Waals surface area contributed by atoms with E-state index < -0.39 is 0 Å². The van der Waals surface area contributed by atoms with E-state index in [1.165, 1.54) is 12.8 Å². The first-order valence-corrected chi connectivity index (χ1v) is 8.93. The van der Waals surface area contributed by atoms with Gasteiger partial charge < -0.3 is 10.1 Å². The number of hydrogen-bond donors (Lipinski definition) is 3. The van der Waals surface area contributed by atoms with Crippen LogP contribution in [-0.4, -0.2) is 23.5 Å². The van der Waals surface area contributed by atoms with E-state index >= 15 is 0 Å². The minimum atomic E-state index is -0.382. The van der Waals surface area contributed by atoms with Gasteiger partial charge in [-0.25, -0.2) is 0 Å². The minimum absolute atomic E-state index is 0.0860. The molecule has 0 aromatic heterocycles. The number of hydrogen-bond acceptors (Lipinski definition) is 4. The van der Waals surface area contributed by atoms with Crippen LogP contribution in [0.5, 0.6) is 5.75 Å². The fourth-order valence-corrected chi connectivity index (χ4v) is 3.12. The summed E-state index contributed by atoms with van der Waals surface area (Å²) in [7, 11) is 0. The molecule has 0 spiro atoms. The summed E-state index contributed by atoms with van der Waals surface area (Å²) in [5, 5.41) is 2.66. The van der Waals surface area contributed by atoms with Gasteiger partial charge in [0.2, 0.25) is 5.91 Å². The van der Waals surface area contributed by atoms with E-state index in [0.717, 1.165) is 24.0 Å². The third kappa shape index (κ3) is 6.70. The Morgan fingerprint density at radius 1 is 1.16 bits per heavy atom. The molecule has 0 saturated heterocycles. The lowest BCUT2D eigenvalue weighted by molar-refractivity contribution is -0.124. The van der Waals surface area contributed by atoms with Gasteiger partial charge in [0.1, 0.15) is 5.75 Å². The standard InChI is InChI=1S/C18H25N3O3S/c1-12-7-8-15(13(2)9-12)24-11-17(23)20-21-18(25)19-16(22)10-14-5-3-4-6-14/h7-9,14H,3-6,10-11H2,1-2H3,(H,20,23)(H2,19,21,22,25). The van der Waals surface area contributed by atoms with Crippen molar-refractivity contribution >= 4 is 29.1 Å². The highest BCUT2D eigenvalue weighted by Gasteiger charge is 2.18. The number of carbonyl (C=O) groups excluding carboxylic acids is 2. The molecule has 25 heavy (non-hydrogen) atoms. The highest BCUT2D eigenvalue weighted by molar-refractivity contribution is 7.80. The molecule has 0 bridgehead atoms. The van der Waals surface area contributed by atoms with Crippen molar-refractivity contribution in [2.75, 3.05) is 6.61 Å². The van der Waals surface area contributed by atoms with Gasteiger partial charge in [-0.3, -0.25) is 20.4 Å². The summed E-state index contributed by atoms with van der Waals surface area (Å²) >= 11 is 5.00. The maximum atomic E-state index is 11.9. The van der Waals surface area contributed by atoms with Gasteiger partial charge in [0, 0.05) is 6.42 Å². The van der Waals surface area contributed by atoms with Crippen LogP contribution >= 0.6 is 12.2 Å². The lowest BCUT2D eigenvalue weighted by Gasteiger charge is -2.13. The summed E-state index contributed by atoms with van der Waals surface area (Å²) in [4.78, 5) is 23.6. The van der Waals surface area contributed by atoms with Crippen molar-refractivity contribution in [3.8, 4) is 5.75 Å². The molecule has 1 saturated carbocycles. The summed E-state index contributed by atoms with van der Waals surface area (Å²) in [6, 6.07) is 5.74. The quantitative estimate of drug-likeness (QED) is 0.552.